The number of nitrogens with one attached hydrogen (secondary N) is 1. The molecule has 2 fully saturated rings. The third kappa shape index (κ3) is 4.58. The van der Waals surface area contributed by atoms with Crippen molar-refractivity contribution in [1.29, 1.82) is 0 Å². The number of nitrogens with two attached hydrogens (primary N) is 1. The van der Waals surface area contributed by atoms with Gasteiger partial charge in [0.1, 0.15) is 24.6 Å². The standard InChI is InChI=1S/C23H28N6O6/c24-20(33)13-6-4-12(5-7-13)9-34-15-3-1-2-14(15)28-21-17-22(26-10-25-21)29(11-27-17)23-19(32)18(31)16(8-30)35-23/h4-7,10-11,14-16,18-19,23,30-32H,1-3,8-9H2,(H2,24,33)(H,25,26,28)/t14?,15-,16?,18-,19-,23-/m1/s1. The van der Waals surface area contributed by atoms with Crippen LogP contribution in [0.25, 0.3) is 11.2 Å². The lowest BCUT2D eigenvalue weighted by Gasteiger charge is -2.22. The second-order valence-corrected chi connectivity index (χ2v) is 8.87. The molecule has 0 bridgehead atoms. The van der Waals surface area contributed by atoms with Crippen LogP contribution in [0, 0.1) is 0 Å². The number of aliphatic hydroxyl groups is 3. The van der Waals surface area contributed by atoms with Crippen molar-refractivity contribution in [1.82, 2.24) is 19.5 Å². The molecule has 1 aliphatic carbocycles. The minimum Gasteiger partial charge on any atom is -0.394 e. The predicted octanol–water partition coefficient (Wildman–Crippen LogP) is 0.0865. The molecule has 12 heteroatoms. The van der Waals surface area contributed by atoms with Crippen LogP contribution in [0.5, 0.6) is 0 Å². The zero-order valence-corrected chi connectivity index (χ0v) is 18.9. The maximum Gasteiger partial charge on any atom is 0.248 e. The predicted molar refractivity (Wildman–Crippen MR) is 123 cm³/mol. The van der Waals surface area contributed by atoms with Crippen molar-refractivity contribution in [3.05, 3.63) is 48.0 Å². The van der Waals surface area contributed by atoms with Crippen LogP contribution in [0.4, 0.5) is 5.82 Å². The highest BCUT2D eigenvalue weighted by Gasteiger charge is 2.44. The lowest BCUT2D eigenvalue weighted by atomic mass is 10.1. The summed E-state index contributed by atoms with van der Waals surface area (Å²) in [6.45, 7) is -0.0114. The van der Waals surface area contributed by atoms with E-state index in [1.54, 1.807) is 12.1 Å². The van der Waals surface area contributed by atoms with Gasteiger partial charge in [-0.05, 0) is 37.0 Å². The Morgan fingerprint density at radius 1 is 1.17 bits per heavy atom. The average molecular weight is 485 g/mol. The monoisotopic (exact) mass is 484 g/mol. The molecule has 1 aromatic carbocycles. The van der Waals surface area contributed by atoms with E-state index in [1.165, 1.54) is 17.2 Å². The lowest BCUT2D eigenvalue weighted by Crippen LogP contribution is -2.33. The molecule has 2 unspecified atom stereocenters. The zero-order chi connectivity index (χ0) is 24.5. The Bertz CT molecular complexity index is 1190. The van der Waals surface area contributed by atoms with Crippen LogP contribution in [-0.2, 0) is 16.1 Å². The number of anilines is 1. The minimum atomic E-state index is -1.24. The molecule has 5 rings (SSSR count). The van der Waals surface area contributed by atoms with Gasteiger partial charge in [0.05, 0.1) is 31.7 Å². The molecule has 1 aliphatic heterocycles. The number of hydrogen-bond acceptors (Lipinski definition) is 10. The van der Waals surface area contributed by atoms with E-state index in [4.69, 9.17) is 15.2 Å². The largest absolute Gasteiger partial charge is 0.394 e. The van der Waals surface area contributed by atoms with E-state index in [9.17, 15) is 20.1 Å². The van der Waals surface area contributed by atoms with Crippen LogP contribution < -0.4 is 11.1 Å². The summed E-state index contributed by atoms with van der Waals surface area (Å²) in [5, 5.41) is 33.3. The van der Waals surface area contributed by atoms with Gasteiger partial charge in [0.2, 0.25) is 5.91 Å². The fourth-order valence-electron chi connectivity index (χ4n) is 4.69. The Balaban J connectivity index is 1.29. The molecular weight excluding hydrogens is 456 g/mol. The third-order valence-electron chi connectivity index (χ3n) is 6.63. The van der Waals surface area contributed by atoms with E-state index in [2.05, 4.69) is 20.3 Å². The Kier molecular flexibility index (Phi) is 6.62. The molecule has 2 aromatic heterocycles. The number of hydrogen-bond donors (Lipinski definition) is 5. The smallest absolute Gasteiger partial charge is 0.248 e. The number of primary amides is 1. The Morgan fingerprint density at radius 3 is 2.69 bits per heavy atom. The van der Waals surface area contributed by atoms with Crippen LogP contribution in [0.2, 0.25) is 0 Å². The summed E-state index contributed by atoms with van der Waals surface area (Å²) in [7, 11) is 0. The minimum absolute atomic E-state index is 0.0112. The van der Waals surface area contributed by atoms with Gasteiger partial charge >= 0.3 is 0 Å². The Labute approximate surface area is 200 Å². The molecule has 1 saturated heterocycles. The van der Waals surface area contributed by atoms with E-state index >= 15 is 0 Å². The number of amides is 1. The maximum atomic E-state index is 11.2. The van der Waals surface area contributed by atoms with E-state index in [0.29, 0.717) is 29.2 Å². The Hall–Kier alpha value is -3.16. The van der Waals surface area contributed by atoms with Gasteiger partial charge in [-0.3, -0.25) is 9.36 Å². The molecule has 35 heavy (non-hydrogen) atoms. The zero-order valence-electron chi connectivity index (χ0n) is 18.9. The van der Waals surface area contributed by atoms with Gasteiger partial charge in [-0.2, -0.15) is 0 Å². The number of carbonyl (C=O) groups is 1. The second kappa shape index (κ2) is 9.84. The van der Waals surface area contributed by atoms with Crippen molar-refractivity contribution < 1.29 is 29.6 Å². The van der Waals surface area contributed by atoms with E-state index in [0.717, 1.165) is 24.8 Å². The summed E-state index contributed by atoms with van der Waals surface area (Å²) in [5.41, 5.74) is 7.63. The fraction of sp³-hybridized carbons (Fsp3) is 0.478. The SMILES string of the molecule is NC(=O)c1ccc(CO[C@@H]2CCCC2Nc2ncnc3c2ncn3[C@@H]2OC(CO)[C@@H](O)[C@H]2O)cc1. The third-order valence-corrected chi connectivity index (χ3v) is 6.63. The molecule has 2 aliphatic rings. The molecule has 12 nitrogen and oxygen atoms in total. The fourth-order valence-corrected chi connectivity index (χ4v) is 4.69. The average Bonchev–Trinajstić information content (AvgIpc) is 3.57. The van der Waals surface area contributed by atoms with Gasteiger partial charge in [0, 0.05) is 5.56 Å². The van der Waals surface area contributed by atoms with Gasteiger partial charge < -0.3 is 35.8 Å². The number of aliphatic hydroxyl groups excluding tert-OH is 3. The number of fused-ring (bicyclic) bond motifs is 1. The molecular formula is C23H28N6O6. The number of carbonyl (C=O) groups excluding carboxylic acids is 1. The van der Waals surface area contributed by atoms with Gasteiger partial charge in [-0.1, -0.05) is 12.1 Å². The summed E-state index contributed by atoms with van der Waals surface area (Å²) in [6, 6.07) is 7.04. The van der Waals surface area contributed by atoms with E-state index in [1.807, 2.05) is 12.1 Å². The highest BCUT2D eigenvalue weighted by atomic mass is 16.6. The number of ether oxygens (including phenoxy) is 2. The molecule has 1 amide bonds. The van der Waals surface area contributed by atoms with Crippen molar-refractivity contribution in [2.45, 2.75) is 62.6 Å². The first kappa shape index (κ1) is 23.6. The highest BCUT2D eigenvalue weighted by molar-refractivity contribution is 5.92. The van der Waals surface area contributed by atoms with E-state index < -0.39 is 37.1 Å². The Morgan fingerprint density at radius 2 is 1.97 bits per heavy atom. The molecule has 3 aromatic rings. The van der Waals surface area contributed by atoms with Crippen molar-refractivity contribution in [3.8, 4) is 0 Å². The second-order valence-electron chi connectivity index (χ2n) is 8.87. The number of imidazole rings is 1. The summed E-state index contributed by atoms with van der Waals surface area (Å²) in [6.07, 6.45) is 1.33. The first-order valence-electron chi connectivity index (χ1n) is 11.5. The number of benzene rings is 1. The van der Waals surface area contributed by atoms with Gasteiger partial charge in [0.15, 0.2) is 23.2 Å². The van der Waals surface area contributed by atoms with Crippen LogP contribution in [0.1, 0.15) is 41.4 Å². The van der Waals surface area contributed by atoms with Crippen molar-refractivity contribution in [3.63, 3.8) is 0 Å². The summed E-state index contributed by atoms with van der Waals surface area (Å²) >= 11 is 0. The topological polar surface area (TPSA) is 178 Å². The first-order valence-corrected chi connectivity index (χ1v) is 11.5. The quantitative estimate of drug-likeness (QED) is 0.294. The maximum absolute atomic E-state index is 11.2. The number of nitrogens with zero attached hydrogens (tertiary/aromatic N) is 4. The molecule has 0 spiro atoms. The summed E-state index contributed by atoms with van der Waals surface area (Å²) < 4.78 is 13.3. The van der Waals surface area contributed by atoms with Crippen LogP contribution in [-0.4, -0.2) is 77.8 Å². The van der Waals surface area contributed by atoms with Crippen molar-refractivity contribution >= 4 is 22.9 Å². The first-order chi connectivity index (χ1) is 17.0. The van der Waals surface area contributed by atoms with Gasteiger partial charge in [-0.25, -0.2) is 15.0 Å². The van der Waals surface area contributed by atoms with Crippen molar-refractivity contribution in [2.75, 3.05) is 11.9 Å². The molecule has 1 saturated carbocycles. The summed E-state index contributed by atoms with van der Waals surface area (Å²) in [5.74, 6) is 0.0707. The van der Waals surface area contributed by atoms with Crippen LogP contribution in [0.3, 0.4) is 0 Å². The molecule has 6 N–H and O–H groups in total. The number of aromatic nitrogens is 4. The van der Waals surface area contributed by atoms with Crippen LogP contribution in [0.15, 0.2) is 36.9 Å². The highest BCUT2D eigenvalue weighted by Crippen LogP contribution is 2.33. The lowest BCUT2D eigenvalue weighted by molar-refractivity contribution is -0.0511. The van der Waals surface area contributed by atoms with Crippen molar-refractivity contribution in [2.24, 2.45) is 5.73 Å². The summed E-state index contributed by atoms with van der Waals surface area (Å²) in [4.78, 5) is 24.3. The van der Waals surface area contributed by atoms with Crippen LogP contribution >= 0.6 is 0 Å². The molecule has 0 radical (unpaired) electrons. The van der Waals surface area contributed by atoms with Gasteiger partial charge in [0.25, 0.3) is 0 Å². The number of rotatable bonds is 8. The molecule has 6 atom stereocenters. The van der Waals surface area contributed by atoms with Gasteiger partial charge in [-0.15, -0.1) is 0 Å². The molecule has 186 valence electrons. The van der Waals surface area contributed by atoms with E-state index in [-0.39, 0.29) is 12.1 Å². The molecule has 3 heterocycles. The normalized spacial score (nSPS) is 28.5.